The maximum Gasteiger partial charge on any atom is 0.194 e. The summed E-state index contributed by atoms with van der Waals surface area (Å²) < 4.78 is 5.47. The van der Waals surface area contributed by atoms with E-state index in [1.165, 1.54) is 12.8 Å². The summed E-state index contributed by atoms with van der Waals surface area (Å²) in [6.45, 7) is 9.50. The summed E-state index contributed by atoms with van der Waals surface area (Å²) in [6, 6.07) is 2.08. The monoisotopic (exact) mass is 306 g/mol. The molecule has 1 saturated heterocycles. The zero-order valence-corrected chi connectivity index (χ0v) is 14.4. The Morgan fingerprint density at radius 2 is 2.27 bits per heavy atom. The highest BCUT2D eigenvalue weighted by Gasteiger charge is 2.19. The van der Waals surface area contributed by atoms with E-state index in [9.17, 15) is 0 Å². The Morgan fingerprint density at radius 3 is 2.91 bits per heavy atom. The second kappa shape index (κ2) is 8.20. The normalized spacial score (nSPS) is 19.8. The summed E-state index contributed by atoms with van der Waals surface area (Å²) in [4.78, 5) is 6.74. The fraction of sp³-hybridized carbons (Fsp3) is 0.765. The fourth-order valence-electron chi connectivity index (χ4n) is 3.19. The molecule has 0 spiro atoms. The molecule has 0 amide bonds. The largest absolute Gasteiger partial charge is 0.359 e. The zero-order valence-electron chi connectivity index (χ0n) is 14.4. The molecule has 2 heterocycles. The maximum absolute atomic E-state index is 5.47. The average Bonchev–Trinajstić information content (AvgIpc) is 2.98. The molecule has 5 heteroatoms. The summed E-state index contributed by atoms with van der Waals surface area (Å²) >= 11 is 0. The number of aromatic nitrogens is 1. The SMILES string of the molecule is CCC(CC)c1cc(CNC(=NC)N2CCCC(C)C2)on1. The van der Waals surface area contributed by atoms with Crippen LogP contribution in [0, 0.1) is 5.92 Å². The average molecular weight is 306 g/mol. The molecule has 0 bridgehead atoms. The molecule has 0 aromatic carbocycles. The van der Waals surface area contributed by atoms with Crippen molar-refractivity contribution in [3.05, 3.63) is 17.5 Å². The van der Waals surface area contributed by atoms with Crippen molar-refractivity contribution in [3.8, 4) is 0 Å². The molecule has 1 aromatic heterocycles. The summed E-state index contributed by atoms with van der Waals surface area (Å²) in [5, 5.41) is 7.62. The van der Waals surface area contributed by atoms with E-state index in [1.807, 2.05) is 7.05 Å². The smallest absolute Gasteiger partial charge is 0.194 e. The van der Waals surface area contributed by atoms with Gasteiger partial charge in [0.25, 0.3) is 0 Å². The van der Waals surface area contributed by atoms with Crippen molar-refractivity contribution in [2.24, 2.45) is 10.9 Å². The van der Waals surface area contributed by atoms with Crippen LogP contribution < -0.4 is 5.32 Å². The van der Waals surface area contributed by atoms with Crippen molar-refractivity contribution in [1.29, 1.82) is 0 Å². The van der Waals surface area contributed by atoms with Crippen LogP contribution in [0.25, 0.3) is 0 Å². The second-order valence-electron chi connectivity index (χ2n) is 6.33. The van der Waals surface area contributed by atoms with Crippen molar-refractivity contribution in [2.75, 3.05) is 20.1 Å². The van der Waals surface area contributed by atoms with Crippen molar-refractivity contribution in [3.63, 3.8) is 0 Å². The Bertz CT molecular complexity index is 479. The van der Waals surface area contributed by atoms with Crippen LogP contribution in [0.3, 0.4) is 0 Å². The molecule has 1 aliphatic rings. The second-order valence-corrected chi connectivity index (χ2v) is 6.33. The molecular weight excluding hydrogens is 276 g/mol. The van der Waals surface area contributed by atoms with Crippen LogP contribution >= 0.6 is 0 Å². The van der Waals surface area contributed by atoms with Gasteiger partial charge in [0.05, 0.1) is 12.2 Å². The molecule has 1 unspecified atom stereocenters. The number of likely N-dealkylation sites (tertiary alicyclic amines) is 1. The summed E-state index contributed by atoms with van der Waals surface area (Å²) in [5.74, 6) is 3.08. The van der Waals surface area contributed by atoms with Gasteiger partial charge in [-0.2, -0.15) is 0 Å². The molecule has 22 heavy (non-hydrogen) atoms. The lowest BCUT2D eigenvalue weighted by Crippen LogP contribution is -2.45. The quantitative estimate of drug-likeness (QED) is 0.669. The van der Waals surface area contributed by atoms with Crippen molar-refractivity contribution in [2.45, 2.75) is 58.9 Å². The Hall–Kier alpha value is -1.52. The standard InChI is InChI=1S/C17H30N4O/c1-5-14(6-2)16-10-15(22-20-16)11-19-17(18-4)21-9-7-8-13(3)12-21/h10,13-14H,5-9,11-12H2,1-4H3,(H,18,19). The van der Waals surface area contributed by atoms with E-state index in [1.54, 1.807) is 0 Å². The Kier molecular flexibility index (Phi) is 6.28. The summed E-state index contributed by atoms with van der Waals surface area (Å²) in [7, 11) is 1.84. The highest BCUT2D eigenvalue weighted by atomic mass is 16.5. The maximum atomic E-state index is 5.47. The molecule has 5 nitrogen and oxygen atoms in total. The summed E-state index contributed by atoms with van der Waals surface area (Å²) in [6.07, 6.45) is 4.75. The zero-order chi connectivity index (χ0) is 15.9. The fourth-order valence-corrected chi connectivity index (χ4v) is 3.19. The Balaban J connectivity index is 1.91. The van der Waals surface area contributed by atoms with Gasteiger partial charge in [-0.15, -0.1) is 0 Å². The van der Waals surface area contributed by atoms with Crippen LogP contribution in [0.1, 0.15) is 63.8 Å². The molecule has 1 aromatic rings. The Labute approximate surface area is 134 Å². The number of rotatable bonds is 5. The number of nitrogens with zero attached hydrogens (tertiary/aromatic N) is 3. The third-order valence-electron chi connectivity index (χ3n) is 4.57. The van der Waals surface area contributed by atoms with Crippen LogP contribution in [0.5, 0.6) is 0 Å². The minimum absolute atomic E-state index is 0.500. The van der Waals surface area contributed by atoms with Crippen LogP contribution in [-0.2, 0) is 6.54 Å². The number of piperidine rings is 1. The van der Waals surface area contributed by atoms with Crippen LogP contribution in [0.2, 0.25) is 0 Å². The van der Waals surface area contributed by atoms with E-state index in [0.29, 0.717) is 12.5 Å². The minimum Gasteiger partial charge on any atom is -0.359 e. The van der Waals surface area contributed by atoms with Gasteiger partial charge in [0.1, 0.15) is 0 Å². The van der Waals surface area contributed by atoms with E-state index in [-0.39, 0.29) is 0 Å². The van der Waals surface area contributed by atoms with Gasteiger partial charge in [0.2, 0.25) is 0 Å². The van der Waals surface area contributed by atoms with E-state index < -0.39 is 0 Å². The third-order valence-corrected chi connectivity index (χ3v) is 4.57. The van der Waals surface area contributed by atoms with Crippen molar-refractivity contribution in [1.82, 2.24) is 15.4 Å². The molecule has 2 rings (SSSR count). The molecule has 0 saturated carbocycles. The molecule has 1 aliphatic heterocycles. The van der Waals surface area contributed by atoms with Crippen molar-refractivity contribution < 1.29 is 4.52 Å². The van der Waals surface area contributed by atoms with E-state index >= 15 is 0 Å². The van der Waals surface area contributed by atoms with Gasteiger partial charge in [-0.25, -0.2) is 0 Å². The lowest BCUT2D eigenvalue weighted by Gasteiger charge is -2.33. The van der Waals surface area contributed by atoms with E-state index in [0.717, 1.165) is 49.3 Å². The number of hydrogen-bond acceptors (Lipinski definition) is 3. The third kappa shape index (κ3) is 4.24. The first-order chi connectivity index (χ1) is 10.7. The first-order valence-electron chi connectivity index (χ1n) is 8.58. The lowest BCUT2D eigenvalue weighted by atomic mass is 9.99. The van der Waals surface area contributed by atoms with Gasteiger partial charge in [-0.3, -0.25) is 4.99 Å². The highest BCUT2D eigenvalue weighted by molar-refractivity contribution is 5.79. The molecule has 124 valence electrons. The van der Waals surface area contributed by atoms with Gasteiger partial charge >= 0.3 is 0 Å². The molecular formula is C17H30N4O. The molecule has 0 radical (unpaired) electrons. The molecule has 1 atom stereocenters. The predicted molar refractivity (Wildman–Crippen MR) is 90.0 cm³/mol. The van der Waals surface area contributed by atoms with Crippen LogP contribution in [0.4, 0.5) is 0 Å². The topological polar surface area (TPSA) is 53.7 Å². The van der Waals surface area contributed by atoms with Gasteiger partial charge in [0.15, 0.2) is 11.7 Å². The van der Waals surface area contributed by atoms with E-state index in [2.05, 4.69) is 47.2 Å². The van der Waals surface area contributed by atoms with Gasteiger partial charge in [-0.1, -0.05) is 25.9 Å². The molecule has 0 aliphatic carbocycles. The van der Waals surface area contributed by atoms with Crippen LogP contribution in [-0.4, -0.2) is 36.2 Å². The molecule has 1 fully saturated rings. The first-order valence-corrected chi connectivity index (χ1v) is 8.58. The van der Waals surface area contributed by atoms with Gasteiger partial charge in [-0.05, 0) is 31.6 Å². The minimum atomic E-state index is 0.500. The highest BCUT2D eigenvalue weighted by Crippen LogP contribution is 2.22. The lowest BCUT2D eigenvalue weighted by molar-refractivity contribution is 0.264. The van der Waals surface area contributed by atoms with Crippen LogP contribution in [0.15, 0.2) is 15.6 Å². The Morgan fingerprint density at radius 1 is 1.50 bits per heavy atom. The van der Waals surface area contributed by atoms with Gasteiger partial charge < -0.3 is 14.7 Å². The van der Waals surface area contributed by atoms with Crippen molar-refractivity contribution >= 4 is 5.96 Å². The summed E-state index contributed by atoms with van der Waals surface area (Å²) in [5.41, 5.74) is 1.07. The predicted octanol–water partition coefficient (Wildman–Crippen LogP) is 3.39. The number of nitrogens with one attached hydrogen (secondary N) is 1. The number of aliphatic imine (C=N–C) groups is 1. The number of guanidine groups is 1. The number of hydrogen-bond donors (Lipinski definition) is 1. The van der Waals surface area contributed by atoms with Gasteiger partial charge in [0, 0.05) is 32.1 Å². The molecule has 1 N–H and O–H groups in total. The van der Waals surface area contributed by atoms with E-state index in [4.69, 9.17) is 4.52 Å². The first kappa shape index (κ1) is 16.8.